The SMILES string of the molecule is COc1cc(N)ccc1-c1nn2cnnc2s1. The Balaban J connectivity index is 2.17. The highest BCUT2D eigenvalue weighted by molar-refractivity contribution is 7.19. The number of hydrogen-bond acceptors (Lipinski definition) is 6. The van der Waals surface area contributed by atoms with E-state index >= 15 is 0 Å². The molecule has 2 aromatic heterocycles. The molecule has 0 unspecified atom stereocenters. The van der Waals surface area contributed by atoms with Crippen molar-refractivity contribution in [3.8, 4) is 16.3 Å². The second-order valence-corrected chi connectivity index (χ2v) is 4.38. The number of anilines is 1. The van der Waals surface area contributed by atoms with Crippen molar-refractivity contribution >= 4 is 22.0 Å². The van der Waals surface area contributed by atoms with Crippen LogP contribution in [-0.4, -0.2) is 26.9 Å². The maximum Gasteiger partial charge on any atom is 0.234 e. The van der Waals surface area contributed by atoms with E-state index in [9.17, 15) is 0 Å². The van der Waals surface area contributed by atoms with Crippen LogP contribution in [0.3, 0.4) is 0 Å². The molecule has 0 aliphatic heterocycles. The fourth-order valence-electron chi connectivity index (χ4n) is 1.55. The molecular formula is C10H9N5OS. The lowest BCUT2D eigenvalue weighted by Crippen LogP contribution is -1.91. The second kappa shape index (κ2) is 3.70. The second-order valence-electron chi connectivity index (χ2n) is 3.43. The lowest BCUT2D eigenvalue weighted by atomic mass is 10.2. The van der Waals surface area contributed by atoms with Crippen molar-refractivity contribution < 1.29 is 4.74 Å². The standard InChI is InChI=1S/C10H9N5OS/c1-16-8-4-6(11)2-3-7(8)9-14-15-5-12-13-10(15)17-9/h2-5H,11H2,1H3. The molecule has 3 aromatic rings. The van der Waals surface area contributed by atoms with Crippen LogP contribution < -0.4 is 10.5 Å². The number of nitrogens with two attached hydrogens (primary N) is 1. The number of nitrogen functional groups attached to an aromatic ring is 1. The minimum absolute atomic E-state index is 0.661. The van der Waals surface area contributed by atoms with E-state index in [0.717, 1.165) is 15.5 Å². The molecule has 86 valence electrons. The van der Waals surface area contributed by atoms with Gasteiger partial charge in [0.2, 0.25) is 4.96 Å². The molecule has 0 aliphatic carbocycles. The van der Waals surface area contributed by atoms with Gasteiger partial charge in [0, 0.05) is 11.8 Å². The van der Waals surface area contributed by atoms with Gasteiger partial charge in [-0.15, -0.1) is 10.2 Å². The van der Waals surface area contributed by atoms with Crippen molar-refractivity contribution in [3.05, 3.63) is 24.5 Å². The van der Waals surface area contributed by atoms with Gasteiger partial charge >= 0.3 is 0 Å². The summed E-state index contributed by atoms with van der Waals surface area (Å²) in [6.45, 7) is 0. The van der Waals surface area contributed by atoms with Crippen LogP contribution in [0, 0.1) is 0 Å². The Labute approximate surface area is 101 Å². The van der Waals surface area contributed by atoms with Gasteiger partial charge in [-0.3, -0.25) is 0 Å². The molecule has 0 radical (unpaired) electrons. The summed E-state index contributed by atoms with van der Waals surface area (Å²) in [5, 5.41) is 12.9. The highest BCUT2D eigenvalue weighted by Gasteiger charge is 2.12. The molecule has 0 fully saturated rings. The number of benzene rings is 1. The van der Waals surface area contributed by atoms with Crippen LogP contribution in [-0.2, 0) is 0 Å². The first-order chi connectivity index (χ1) is 8.28. The third-order valence-corrected chi connectivity index (χ3v) is 3.29. The van der Waals surface area contributed by atoms with Gasteiger partial charge in [0.15, 0.2) is 5.01 Å². The summed E-state index contributed by atoms with van der Waals surface area (Å²) in [7, 11) is 1.61. The third-order valence-electron chi connectivity index (χ3n) is 2.34. The summed E-state index contributed by atoms with van der Waals surface area (Å²) in [4.78, 5) is 0.749. The van der Waals surface area contributed by atoms with Crippen molar-refractivity contribution in [2.24, 2.45) is 0 Å². The van der Waals surface area contributed by atoms with E-state index in [4.69, 9.17) is 10.5 Å². The Kier molecular flexibility index (Phi) is 2.19. The zero-order chi connectivity index (χ0) is 11.8. The highest BCUT2D eigenvalue weighted by atomic mass is 32.1. The predicted octanol–water partition coefficient (Wildman–Crippen LogP) is 1.44. The predicted molar refractivity (Wildman–Crippen MR) is 65.1 cm³/mol. The Morgan fingerprint density at radius 1 is 1.41 bits per heavy atom. The van der Waals surface area contributed by atoms with E-state index in [1.165, 1.54) is 11.3 Å². The van der Waals surface area contributed by atoms with Gasteiger partial charge in [-0.1, -0.05) is 11.3 Å². The van der Waals surface area contributed by atoms with E-state index < -0.39 is 0 Å². The van der Waals surface area contributed by atoms with Gasteiger partial charge in [-0.05, 0) is 12.1 Å². The minimum atomic E-state index is 0.661. The van der Waals surface area contributed by atoms with Crippen LogP contribution in [0.25, 0.3) is 15.5 Å². The summed E-state index contributed by atoms with van der Waals surface area (Å²) >= 11 is 1.45. The Hall–Kier alpha value is -2.15. The lowest BCUT2D eigenvalue weighted by molar-refractivity contribution is 0.416. The van der Waals surface area contributed by atoms with Gasteiger partial charge in [-0.25, -0.2) is 0 Å². The molecule has 0 amide bonds. The molecule has 3 rings (SSSR count). The molecule has 1 aromatic carbocycles. The molecule has 17 heavy (non-hydrogen) atoms. The quantitative estimate of drug-likeness (QED) is 0.693. The van der Waals surface area contributed by atoms with E-state index in [-0.39, 0.29) is 0 Å². The molecule has 0 atom stereocenters. The normalized spacial score (nSPS) is 10.9. The number of methoxy groups -OCH3 is 1. The molecule has 0 spiro atoms. The van der Waals surface area contributed by atoms with Crippen molar-refractivity contribution in [3.63, 3.8) is 0 Å². The van der Waals surface area contributed by atoms with Gasteiger partial charge in [0.05, 0.1) is 12.7 Å². The first kappa shape index (κ1) is 10.0. The average Bonchev–Trinajstić information content (AvgIpc) is 2.89. The molecule has 0 saturated carbocycles. The first-order valence-electron chi connectivity index (χ1n) is 4.88. The van der Waals surface area contributed by atoms with Crippen LogP contribution in [0.15, 0.2) is 24.5 Å². The molecule has 0 aliphatic rings. The van der Waals surface area contributed by atoms with E-state index in [1.807, 2.05) is 12.1 Å². The number of nitrogens with zero attached hydrogens (tertiary/aromatic N) is 4. The van der Waals surface area contributed by atoms with Crippen LogP contribution in [0.4, 0.5) is 5.69 Å². The number of fused-ring (bicyclic) bond motifs is 1. The van der Waals surface area contributed by atoms with Crippen LogP contribution in [0.1, 0.15) is 0 Å². The fourth-order valence-corrected chi connectivity index (χ4v) is 2.40. The topological polar surface area (TPSA) is 78.3 Å². The van der Waals surface area contributed by atoms with Crippen molar-refractivity contribution in [1.82, 2.24) is 19.8 Å². The molecule has 2 N–H and O–H groups in total. The number of ether oxygens (including phenoxy) is 1. The summed E-state index contributed by atoms with van der Waals surface area (Å²) < 4.78 is 6.93. The Morgan fingerprint density at radius 3 is 3.06 bits per heavy atom. The van der Waals surface area contributed by atoms with Gasteiger partial charge in [0.1, 0.15) is 12.1 Å². The molecule has 7 heteroatoms. The number of rotatable bonds is 2. The summed E-state index contributed by atoms with van der Waals surface area (Å²) in [6.07, 6.45) is 1.57. The third kappa shape index (κ3) is 1.60. The fraction of sp³-hybridized carbons (Fsp3) is 0.100. The maximum atomic E-state index is 5.71. The van der Waals surface area contributed by atoms with Gasteiger partial charge in [-0.2, -0.15) is 9.61 Å². The molecular weight excluding hydrogens is 238 g/mol. The van der Waals surface area contributed by atoms with Crippen LogP contribution in [0.2, 0.25) is 0 Å². The van der Waals surface area contributed by atoms with E-state index in [1.54, 1.807) is 24.0 Å². The van der Waals surface area contributed by atoms with Crippen LogP contribution in [0.5, 0.6) is 5.75 Å². The smallest absolute Gasteiger partial charge is 0.234 e. The molecule has 0 bridgehead atoms. The highest BCUT2D eigenvalue weighted by Crippen LogP contribution is 2.33. The van der Waals surface area contributed by atoms with Crippen molar-refractivity contribution in [1.29, 1.82) is 0 Å². The van der Waals surface area contributed by atoms with E-state index in [2.05, 4.69) is 15.3 Å². The van der Waals surface area contributed by atoms with Crippen molar-refractivity contribution in [2.75, 3.05) is 12.8 Å². The summed E-state index contributed by atoms with van der Waals surface area (Å²) in [6, 6.07) is 5.48. The molecule has 2 heterocycles. The zero-order valence-electron chi connectivity index (χ0n) is 8.99. The van der Waals surface area contributed by atoms with Crippen molar-refractivity contribution in [2.45, 2.75) is 0 Å². The largest absolute Gasteiger partial charge is 0.496 e. The molecule has 0 saturated heterocycles. The van der Waals surface area contributed by atoms with E-state index in [0.29, 0.717) is 11.4 Å². The Bertz CT molecular complexity index is 646. The molecule has 6 nitrogen and oxygen atoms in total. The number of hydrogen-bond donors (Lipinski definition) is 1. The zero-order valence-corrected chi connectivity index (χ0v) is 9.81. The lowest BCUT2D eigenvalue weighted by Gasteiger charge is -2.05. The Morgan fingerprint density at radius 2 is 2.29 bits per heavy atom. The number of aromatic nitrogens is 4. The summed E-state index contributed by atoms with van der Waals surface area (Å²) in [5.74, 6) is 0.704. The van der Waals surface area contributed by atoms with Gasteiger partial charge in [0.25, 0.3) is 0 Å². The first-order valence-corrected chi connectivity index (χ1v) is 5.70. The summed E-state index contributed by atoms with van der Waals surface area (Å²) in [5.41, 5.74) is 7.27. The monoisotopic (exact) mass is 247 g/mol. The van der Waals surface area contributed by atoms with Gasteiger partial charge < -0.3 is 10.5 Å². The average molecular weight is 247 g/mol. The maximum absolute atomic E-state index is 5.71. The van der Waals surface area contributed by atoms with Crippen LogP contribution >= 0.6 is 11.3 Å². The minimum Gasteiger partial charge on any atom is -0.496 e.